The summed E-state index contributed by atoms with van der Waals surface area (Å²) >= 11 is 0. The van der Waals surface area contributed by atoms with Crippen molar-refractivity contribution in [2.45, 2.75) is 0 Å². The van der Waals surface area contributed by atoms with Crippen LogP contribution in [0.25, 0.3) is 122 Å². The van der Waals surface area contributed by atoms with E-state index in [1.807, 2.05) is 103 Å². The summed E-state index contributed by atoms with van der Waals surface area (Å²) in [4.78, 5) is 15.0. The van der Waals surface area contributed by atoms with Gasteiger partial charge in [-0.2, -0.15) is 0 Å². The van der Waals surface area contributed by atoms with Gasteiger partial charge in [0.15, 0.2) is 17.5 Å². The van der Waals surface area contributed by atoms with E-state index in [2.05, 4.69) is 72.8 Å². The lowest BCUT2D eigenvalue weighted by atomic mass is 9.94. The summed E-state index contributed by atoms with van der Waals surface area (Å²) in [7, 11) is 0. The zero-order valence-corrected chi connectivity index (χ0v) is 30.3. The molecule has 0 saturated heterocycles. The van der Waals surface area contributed by atoms with Crippen LogP contribution in [0.2, 0.25) is 0 Å². The van der Waals surface area contributed by atoms with Crippen LogP contribution in [0.5, 0.6) is 0 Å². The van der Waals surface area contributed by atoms with Gasteiger partial charge in [0.25, 0.3) is 0 Å². The summed E-state index contributed by atoms with van der Waals surface area (Å²) < 4.78 is 20.2. The number of rotatable bonds is 5. The first-order valence-electron chi connectivity index (χ1n) is 18.9. The van der Waals surface area contributed by atoms with Crippen molar-refractivity contribution >= 4 is 65.8 Å². The van der Waals surface area contributed by atoms with E-state index in [1.54, 1.807) is 0 Å². The number of fused-ring (bicyclic) bond motifs is 9. The quantitative estimate of drug-likeness (QED) is 0.175. The molecule has 4 heterocycles. The van der Waals surface area contributed by atoms with Gasteiger partial charge in [0.2, 0.25) is 0 Å². The third-order valence-electron chi connectivity index (χ3n) is 10.9. The molecule has 0 atom stereocenters. The molecule has 0 radical (unpaired) electrons. The fourth-order valence-electron chi connectivity index (χ4n) is 8.29. The Kier molecular flexibility index (Phi) is 6.83. The van der Waals surface area contributed by atoms with E-state index >= 15 is 0 Å². The van der Waals surface area contributed by atoms with Crippen LogP contribution < -0.4 is 0 Å². The van der Waals surface area contributed by atoms with Crippen LogP contribution in [0.1, 0.15) is 0 Å². The van der Waals surface area contributed by atoms with Crippen LogP contribution in [0, 0.1) is 0 Å². The van der Waals surface area contributed by atoms with Crippen molar-refractivity contribution in [1.29, 1.82) is 0 Å². The zero-order valence-electron chi connectivity index (χ0n) is 30.3. The van der Waals surface area contributed by atoms with Crippen molar-refractivity contribution in [2.24, 2.45) is 0 Å². The molecule has 0 saturated carbocycles. The number of benzene rings is 8. The van der Waals surface area contributed by atoms with Gasteiger partial charge in [0.1, 0.15) is 33.5 Å². The summed E-state index contributed by atoms with van der Waals surface area (Å²) in [5.74, 6) is 1.74. The summed E-state index contributed by atoms with van der Waals surface area (Å²) in [6.07, 6.45) is 0. The Morgan fingerprint density at radius 2 is 0.702 bits per heavy atom. The van der Waals surface area contributed by atoms with Crippen LogP contribution in [-0.2, 0) is 0 Å². The first-order chi connectivity index (χ1) is 28.2. The molecule has 12 rings (SSSR count). The first-order valence-corrected chi connectivity index (χ1v) is 18.9. The minimum atomic E-state index is 0.543. The summed E-state index contributed by atoms with van der Waals surface area (Å²) in [6, 6.07) is 59.7. The molecule has 0 aliphatic rings. The fraction of sp³-hybridized carbons (Fsp3) is 0. The second kappa shape index (κ2) is 12.3. The topological polar surface area (TPSA) is 78.1 Å². The van der Waals surface area contributed by atoms with Crippen LogP contribution in [0.3, 0.4) is 0 Å². The van der Waals surface area contributed by atoms with Crippen molar-refractivity contribution in [1.82, 2.24) is 15.0 Å². The molecule has 0 N–H and O–H groups in total. The Morgan fingerprint density at radius 1 is 0.263 bits per heavy atom. The number of aromatic nitrogens is 3. The average Bonchev–Trinajstić information content (AvgIpc) is 3.98. The Hall–Kier alpha value is -7.83. The molecule has 0 aliphatic heterocycles. The number of nitrogens with zero attached hydrogens (tertiary/aromatic N) is 3. The van der Waals surface area contributed by atoms with Crippen molar-refractivity contribution in [3.8, 4) is 56.4 Å². The van der Waals surface area contributed by atoms with Gasteiger partial charge in [-0.15, -0.1) is 0 Å². The minimum Gasteiger partial charge on any atom is -0.455 e. The number of hydrogen-bond donors (Lipinski definition) is 0. The van der Waals surface area contributed by atoms with Crippen LogP contribution >= 0.6 is 0 Å². The number of hydrogen-bond acceptors (Lipinski definition) is 6. The lowest BCUT2D eigenvalue weighted by molar-refractivity contribution is 0.665. The number of furan rings is 3. The molecule has 0 amide bonds. The van der Waals surface area contributed by atoms with Gasteiger partial charge in [-0.3, -0.25) is 0 Å². The maximum atomic E-state index is 7.01. The van der Waals surface area contributed by atoms with Gasteiger partial charge in [-0.05, 0) is 35.9 Å². The standard InChI is InChI=1S/C51H29N3O3/c1-3-14-30(15-4-1)49-52-50(31-16-5-2-6-17-31)54-51(53-49)40-25-13-23-38-37-22-11-20-33(45(37)57-47(38)40)32-28-41-35-19-8-10-27-44(35)56-48(41)42(29-32)39-24-12-21-36-34-18-7-9-26-43(34)55-46(36)39/h1-29H. The lowest BCUT2D eigenvalue weighted by Gasteiger charge is -2.09. The predicted molar refractivity (Wildman–Crippen MR) is 229 cm³/mol. The van der Waals surface area contributed by atoms with E-state index in [4.69, 9.17) is 28.2 Å². The Balaban J connectivity index is 1.10. The molecule has 4 aromatic heterocycles. The highest BCUT2D eigenvalue weighted by atomic mass is 16.3. The third kappa shape index (κ3) is 4.94. The van der Waals surface area contributed by atoms with Crippen molar-refractivity contribution < 1.29 is 13.3 Å². The van der Waals surface area contributed by atoms with E-state index in [9.17, 15) is 0 Å². The van der Waals surface area contributed by atoms with Gasteiger partial charge < -0.3 is 13.3 Å². The molecular formula is C51H29N3O3. The van der Waals surface area contributed by atoms with E-state index in [0.717, 1.165) is 99.2 Å². The van der Waals surface area contributed by atoms with E-state index in [0.29, 0.717) is 23.1 Å². The molecule has 266 valence electrons. The van der Waals surface area contributed by atoms with Crippen molar-refractivity contribution in [3.05, 3.63) is 176 Å². The highest BCUT2D eigenvalue weighted by Crippen LogP contribution is 2.46. The second-order valence-corrected chi connectivity index (χ2v) is 14.3. The van der Waals surface area contributed by atoms with Gasteiger partial charge >= 0.3 is 0 Å². The average molecular weight is 732 g/mol. The largest absolute Gasteiger partial charge is 0.455 e. The van der Waals surface area contributed by atoms with Gasteiger partial charge in [-0.1, -0.05) is 146 Å². The van der Waals surface area contributed by atoms with Crippen molar-refractivity contribution in [2.75, 3.05) is 0 Å². The SMILES string of the molecule is c1ccc(-c2nc(-c3ccccc3)nc(-c3cccc4c3oc3c(-c5cc(-c6cccc7c6oc6ccccc67)c6oc7ccccc7c6c5)cccc34)n2)cc1. The molecular weight excluding hydrogens is 703 g/mol. The third-order valence-corrected chi connectivity index (χ3v) is 10.9. The van der Waals surface area contributed by atoms with E-state index in [-0.39, 0.29) is 0 Å². The molecule has 57 heavy (non-hydrogen) atoms. The highest BCUT2D eigenvalue weighted by Gasteiger charge is 2.23. The minimum absolute atomic E-state index is 0.543. The molecule has 6 heteroatoms. The predicted octanol–water partition coefficient (Wildman–Crippen LogP) is 13.9. The Morgan fingerprint density at radius 3 is 1.33 bits per heavy atom. The molecule has 0 unspecified atom stereocenters. The highest BCUT2D eigenvalue weighted by molar-refractivity contribution is 6.18. The summed E-state index contributed by atoms with van der Waals surface area (Å²) in [5.41, 5.74) is 11.3. The molecule has 0 aliphatic carbocycles. The molecule has 0 bridgehead atoms. The normalized spacial score (nSPS) is 11.9. The van der Waals surface area contributed by atoms with Crippen LogP contribution in [-0.4, -0.2) is 15.0 Å². The Labute approximate surface area is 325 Å². The van der Waals surface area contributed by atoms with E-state index < -0.39 is 0 Å². The molecule has 0 fully saturated rings. The van der Waals surface area contributed by atoms with Gasteiger partial charge in [-0.25, -0.2) is 15.0 Å². The van der Waals surface area contributed by atoms with E-state index in [1.165, 1.54) is 0 Å². The van der Waals surface area contributed by atoms with Crippen molar-refractivity contribution in [3.63, 3.8) is 0 Å². The zero-order chi connectivity index (χ0) is 37.5. The smallest absolute Gasteiger partial charge is 0.167 e. The summed E-state index contributed by atoms with van der Waals surface area (Å²) in [6.45, 7) is 0. The second-order valence-electron chi connectivity index (χ2n) is 14.3. The Bertz CT molecular complexity index is 3470. The lowest BCUT2D eigenvalue weighted by Crippen LogP contribution is -2.00. The molecule has 0 spiro atoms. The summed E-state index contributed by atoms with van der Waals surface area (Å²) in [5, 5.41) is 6.20. The maximum absolute atomic E-state index is 7.01. The maximum Gasteiger partial charge on any atom is 0.167 e. The fourth-order valence-corrected chi connectivity index (χ4v) is 8.29. The van der Waals surface area contributed by atoms with Crippen LogP contribution in [0.4, 0.5) is 0 Å². The molecule has 8 aromatic carbocycles. The molecule has 12 aromatic rings. The van der Waals surface area contributed by atoms with Crippen LogP contribution in [0.15, 0.2) is 189 Å². The number of para-hydroxylation sites is 5. The first kappa shape index (κ1) is 31.5. The van der Waals surface area contributed by atoms with Gasteiger partial charge in [0.05, 0.1) is 5.56 Å². The molecule has 6 nitrogen and oxygen atoms in total. The monoisotopic (exact) mass is 731 g/mol. The van der Waals surface area contributed by atoms with Gasteiger partial charge in [0, 0.05) is 60.1 Å².